The molecule has 23 heavy (non-hydrogen) atoms. The molecule has 5 nitrogen and oxygen atoms in total. The predicted octanol–water partition coefficient (Wildman–Crippen LogP) is 2.92. The quantitative estimate of drug-likeness (QED) is 0.941. The second kappa shape index (κ2) is 5.88. The Morgan fingerprint density at radius 3 is 2.70 bits per heavy atom. The van der Waals surface area contributed by atoms with Crippen LogP contribution >= 0.6 is 0 Å². The van der Waals surface area contributed by atoms with Crippen LogP contribution in [0.3, 0.4) is 0 Å². The maximum absolute atomic E-state index is 8.88. The Balaban J connectivity index is 1.40. The van der Waals surface area contributed by atoms with Crippen molar-refractivity contribution in [1.82, 2.24) is 9.97 Å². The van der Waals surface area contributed by atoms with Gasteiger partial charge >= 0.3 is 0 Å². The summed E-state index contributed by atoms with van der Waals surface area (Å²) in [5, 5.41) is 12.4. The number of nitriles is 1. The van der Waals surface area contributed by atoms with Gasteiger partial charge in [-0.1, -0.05) is 0 Å². The molecule has 116 valence electrons. The number of aromatic nitrogens is 2. The van der Waals surface area contributed by atoms with Crippen molar-refractivity contribution < 1.29 is 0 Å². The highest BCUT2D eigenvalue weighted by atomic mass is 15.2. The van der Waals surface area contributed by atoms with Crippen molar-refractivity contribution >= 4 is 11.5 Å². The molecule has 1 saturated heterocycles. The standard InChI is InChI=1S/C18H19N5/c19-11-13-1-5-16(6-2-13)23-10-8-15(12-23)21-17-7-9-20-18(22-17)14-3-4-14/h1-2,5-7,9,14-15H,3-4,8,10,12H2,(H,20,21,22). The van der Waals surface area contributed by atoms with Crippen LogP contribution in [0.5, 0.6) is 0 Å². The lowest BCUT2D eigenvalue weighted by atomic mass is 10.2. The Bertz CT molecular complexity index is 730. The van der Waals surface area contributed by atoms with Crippen molar-refractivity contribution in [3.8, 4) is 6.07 Å². The molecule has 2 fully saturated rings. The van der Waals surface area contributed by atoms with Crippen LogP contribution in [0.4, 0.5) is 11.5 Å². The highest BCUT2D eigenvalue weighted by molar-refractivity contribution is 5.51. The van der Waals surface area contributed by atoms with E-state index in [0.29, 0.717) is 17.5 Å². The number of hydrogen-bond donors (Lipinski definition) is 1. The molecular weight excluding hydrogens is 286 g/mol. The number of nitrogens with one attached hydrogen (secondary N) is 1. The van der Waals surface area contributed by atoms with Gasteiger partial charge in [0, 0.05) is 36.9 Å². The van der Waals surface area contributed by atoms with Crippen molar-refractivity contribution in [2.45, 2.75) is 31.2 Å². The van der Waals surface area contributed by atoms with E-state index in [9.17, 15) is 0 Å². The van der Waals surface area contributed by atoms with Crippen LogP contribution in [0, 0.1) is 11.3 Å². The van der Waals surface area contributed by atoms with Crippen molar-refractivity contribution in [2.24, 2.45) is 0 Å². The van der Waals surface area contributed by atoms with Gasteiger partial charge in [0.2, 0.25) is 0 Å². The van der Waals surface area contributed by atoms with E-state index < -0.39 is 0 Å². The Morgan fingerprint density at radius 1 is 1.13 bits per heavy atom. The topological polar surface area (TPSA) is 64.8 Å². The van der Waals surface area contributed by atoms with E-state index in [2.05, 4.69) is 26.3 Å². The molecule has 0 amide bonds. The van der Waals surface area contributed by atoms with E-state index in [-0.39, 0.29) is 0 Å². The SMILES string of the molecule is N#Cc1ccc(N2CCC(Nc3ccnc(C4CC4)n3)C2)cc1. The molecule has 1 unspecified atom stereocenters. The third-order valence-corrected chi connectivity index (χ3v) is 4.52. The molecule has 2 aliphatic rings. The van der Waals surface area contributed by atoms with Gasteiger partial charge in [0.1, 0.15) is 11.6 Å². The minimum absolute atomic E-state index is 0.396. The molecule has 1 saturated carbocycles. The number of benzene rings is 1. The molecule has 1 N–H and O–H groups in total. The zero-order chi connectivity index (χ0) is 15.6. The monoisotopic (exact) mass is 305 g/mol. The first-order valence-electron chi connectivity index (χ1n) is 8.16. The zero-order valence-electron chi connectivity index (χ0n) is 12.9. The highest BCUT2D eigenvalue weighted by Gasteiger charge is 2.27. The van der Waals surface area contributed by atoms with Crippen molar-refractivity contribution in [2.75, 3.05) is 23.3 Å². The van der Waals surface area contributed by atoms with E-state index in [0.717, 1.165) is 31.2 Å². The minimum atomic E-state index is 0.396. The molecule has 1 aliphatic carbocycles. The van der Waals surface area contributed by atoms with E-state index in [1.165, 1.54) is 18.5 Å². The number of hydrogen-bond acceptors (Lipinski definition) is 5. The minimum Gasteiger partial charge on any atom is -0.369 e. The molecule has 0 bridgehead atoms. The molecular formula is C18H19N5. The van der Waals surface area contributed by atoms with Crippen LogP contribution in [0.25, 0.3) is 0 Å². The number of anilines is 2. The molecule has 4 rings (SSSR count). The van der Waals surface area contributed by atoms with Crippen LogP contribution < -0.4 is 10.2 Å². The average Bonchev–Trinajstić information content (AvgIpc) is 3.35. The van der Waals surface area contributed by atoms with E-state index >= 15 is 0 Å². The summed E-state index contributed by atoms with van der Waals surface area (Å²) in [6.07, 6.45) is 5.39. The average molecular weight is 305 g/mol. The molecule has 1 aromatic carbocycles. The first-order chi connectivity index (χ1) is 11.3. The van der Waals surface area contributed by atoms with E-state index in [1.807, 2.05) is 36.5 Å². The lowest BCUT2D eigenvalue weighted by Gasteiger charge is -2.19. The summed E-state index contributed by atoms with van der Waals surface area (Å²) >= 11 is 0. The fourth-order valence-electron chi connectivity index (χ4n) is 3.06. The van der Waals surface area contributed by atoms with Crippen LogP contribution in [0.1, 0.15) is 36.6 Å². The third-order valence-electron chi connectivity index (χ3n) is 4.52. The van der Waals surface area contributed by atoms with Crippen LogP contribution in [-0.4, -0.2) is 29.1 Å². The summed E-state index contributed by atoms with van der Waals surface area (Å²) in [5.41, 5.74) is 1.88. The number of nitrogens with zero attached hydrogens (tertiary/aromatic N) is 4. The van der Waals surface area contributed by atoms with Gasteiger partial charge in [-0.05, 0) is 49.6 Å². The zero-order valence-corrected chi connectivity index (χ0v) is 12.9. The molecule has 2 aromatic rings. The molecule has 1 aromatic heterocycles. The predicted molar refractivity (Wildman–Crippen MR) is 89.4 cm³/mol. The van der Waals surface area contributed by atoms with Crippen LogP contribution in [-0.2, 0) is 0 Å². The van der Waals surface area contributed by atoms with Gasteiger partial charge in [0.25, 0.3) is 0 Å². The van der Waals surface area contributed by atoms with Gasteiger partial charge in [-0.2, -0.15) is 5.26 Å². The summed E-state index contributed by atoms with van der Waals surface area (Å²) in [7, 11) is 0. The fraction of sp³-hybridized carbons (Fsp3) is 0.389. The van der Waals surface area contributed by atoms with Crippen LogP contribution in [0.2, 0.25) is 0 Å². The fourth-order valence-corrected chi connectivity index (χ4v) is 3.06. The van der Waals surface area contributed by atoms with Gasteiger partial charge in [-0.15, -0.1) is 0 Å². The lowest BCUT2D eigenvalue weighted by molar-refractivity contribution is 0.793. The second-order valence-corrected chi connectivity index (χ2v) is 6.31. The van der Waals surface area contributed by atoms with Gasteiger partial charge in [0.15, 0.2) is 0 Å². The van der Waals surface area contributed by atoms with Crippen molar-refractivity contribution in [3.05, 3.63) is 47.9 Å². The van der Waals surface area contributed by atoms with Crippen molar-refractivity contribution in [1.29, 1.82) is 5.26 Å². The molecule has 0 radical (unpaired) electrons. The van der Waals surface area contributed by atoms with Gasteiger partial charge in [0.05, 0.1) is 11.6 Å². The maximum Gasteiger partial charge on any atom is 0.133 e. The van der Waals surface area contributed by atoms with Crippen LogP contribution in [0.15, 0.2) is 36.5 Å². The first kappa shape index (κ1) is 14.0. The molecule has 1 atom stereocenters. The Kier molecular flexibility index (Phi) is 3.58. The Morgan fingerprint density at radius 2 is 1.96 bits per heavy atom. The largest absolute Gasteiger partial charge is 0.369 e. The summed E-state index contributed by atoms with van der Waals surface area (Å²) in [5.74, 6) is 2.50. The summed E-state index contributed by atoms with van der Waals surface area (Å²) < 4.78 is 0. The first-order valence-corrected chi connectivity index (χ1v) is 8.16. The second-order valence-electron chi connectivity index (χ2n) is 6.31. The van der Waals surface area contributed by atoms with Gasteiger partial charge in [-0.3, -0.25) is 0 Å². The molecule has 0 spiro atoms. The smallest absolute Gasteiger partial charge is 0.133 e. The summed E-state index contributed by atoms with van der Waals surface area (Å²) in [6, 6.07) is 12.3. The third kappa shape index (κ3) is 3.11. The van der Waals surface area contributed by atoms with Gasteiger partial charge < -0.3 is 10.2 Å². The number of rotatable bonds is 4. The maximum atomic E-state index is 8.88. The van der Waals surface area contributed by atoms with Gasteiger partial charge in [-0.25, -0.2) is 9.97 Å². The normalized spacial score (nSPS) is 20.3. The lowest BCUT2D eigenvalue weighted by Crippen LogP contribution is -2.26. The molecule has 2 heterocycles. The summed E-state index contributed by atoms with van der Waals surface area (Å²) in [4.78, 5) is 11.4. The molecule has 1 aliphatic heterocycles. The Labute approximate surface area is 136 Å². The molecule has 5 heteroatoms. The highest BCUT2D eigenvalue weighted by Crippen LogP contribution is 2.38. The summed E-state index contributed by atoms with van der Waals surface area (Å²) in [6.45, 7) is 1.97. The van der Waals surface area contributed by atoms with E-state index in [1.54, 1.807) is 0 Å². The van der Waals surface area contributed by atoms with E-state index in [4.69, 9.17) is 5.26 Å². The van der Waals surface area contributed by atoms with Crippen molar-refractivity contribution in [3.63, 3.8) is 0 Å². The Hall–Kier alpha value is -2.61.